The van der Waals surface area contributed by atoms with Gasteiger partial charge in [0.25, 0.3) is 0 Å². The van der Waals surface area contributed by atoms with Gasteiger partial charge in [-0.25, -0.2) is 0 Å². The molecule has 0 aliphatic heterocycles. The van der Waals surface area contributed by atoms with Crippen molar-refractivity contribution in [1.82, 2.24) is 0 Å². The van der Waals surface area contributed by atoms with Gasteiger partial charge in [-0.3, -0.25) is 0 Å². The maximum atomic E-state index is 8.77. The minimum absolute atomic E-state index is 0.180. The van der Waals surface area contributed by atoms with Gasteiger partial charge in [-0.15, -0.1) is 0 Å². The SMILES string of the molecule is C[C@H]1CCCC(C)(C)[C@@H]1/C=C/CO. The Balaban J connectivity index is 2.68. The third kappa shape index (κ3) is 2.57. The summed E-state index contributed by atoms with van der Waals surface area (Å²) in [5, 5.41) is 8.77. The van der Waals surface area contributed by atoms with Crippen LogP contribution in [0.5, 0.6) is 0 Å². The van der Waals surface area contributed by atoms with Gasteiger partial charge in [0.1, 0.15) is 0 Å². The maximum absolute atomic E-state index is 8.77. The molecule has 0 aromatic heterocycles. The lowest BCUT2D eigenvalue weighted by Crippen LogP contribution is -2.32. The summed E-state index contributed by atoms with van der Waals surface area (Å²) in [6, 6.07) is 0. The van der Waals surface area contributed by atoms with Crippen LogP contribution in [-0.2, 0) is 0 Å². The standard InChI is InChI=1S/C12H22O/c1-10-6-4-8-12(2,3)11(10)7-5-9-13/h5,7,10-11,13H,4,6,8-9H2,1-3H3/b7-5+/t10-,11+/m0/s1. The van der Waals surface area contributed by atoms with Crippen molar-refractivity contribution in [2.24, 2.45) is 17.3 Å². The zero-order valence-electron chi connectivity index (χ0n) is 9.09. The van der Waals surface area contributed by atoms with Crippen LogP contribution < -0.4 is 0 Å². The van der Waals surface area contributed by atoms with Crippen LogP contribution in [0.2, 0.25) is 0 Å². The molecule has 1 saturated carbocycles. The molecule has 0 heterocycles. The molecule has 0 radical (unpaired) electrons. The fraction of sp³-hybridized carbons (Fsp3) is 0.833. The van der Waals surface area contributed by atoms with E-state index >= 15 is 0 Å². The van der Waals surface area contributed by atoms with Crippen LogP contribution in [0.15, 0.2) is 12.2 Å². The average Bonchev–Trinajstić information content (AvgIpc) is 2.02. The largest absolute Gasteiger partial charge is 0.392 e. The molecule has 13 heavy (non-hydrogen) atoms. The first-order valence-electron chi connectivity index (χ1n) is 5.35. The quantitative estimate of drug-likeness (QED) is 0.651. The second-order valence-electron chi connectivity index (χ2n) is 4.99. The van der Waals surface area contributed by atoms with E-state index in [1.807, 2.05) is 6.08 Å². The molecule has 0 amide bonds. The molecule has 1 nitrogen and oxygen atoms in total. The van der Waals surface area contributed by atoms with Gasteiger partial charge in [0.05, 0.1) is 6.61 Å². The summed E-state index contributed by atoms with van der Waals surface area (Å²) < 4.78 is 0. The highest BCUT2D eigenvalue weighted by Gasteiger charge is 2.34. The van der Waals surface area contributed by atoms with Crippen LogP contribution in [0.25, 0.3) is 0 Å². The maximum Gasteiger partial charge on any atom is 0.0612 e. The van der Waals surface area contributed by atoms with Gasteiger partial charge in [0, 0.05) is 0 Å². The number of aliphatic hydroxyl groups is 1. The fourth-order valence-corrected chi connectivity index (χ4v) is 2.65. The second-order valence-corrected chi connectivity index (χ2v) is 4.99. The summed E-state index contributed by atoms with van der Waals surface area (Å²) in [6.07, 6.45) is 8.12. The van der Waals surface area contributed by atoms with Gasteiger partial charge in [0.2, 0.25) is 0 Å². The van der Waals surface area contributed by atoms with E-state index in [1.54, 1.807) is 0 Å². The topological polar surface area (TPSA) is 20.2 Å². The van der Waals surface area contributed by atoms with Crippen molar-refractivity contribution in [3.63, 3.8) is 0 Å². The molecule has 0 aromatic rings. The van der Waals surface area contributed by atoms with Crippen LogP contribution in [0.1, 0.15) is 40.0 Å². The molecule has 76 valence electrons. The summed E-state index contributed by atoms with van der Waals surface area (Å²) in [4.78, 5) is 0. The first-order valence-corrected chi connectivity index (χ1v) is 5.35. The Morgan fingerprint density at radius 1 is 1.46 bits per heavy atom. The van der Waals surface area contributed by atoms with E-state index in [4.69, 9.17) is 5.11 Å². The van der Waals surface area contributed by atoms with Gasteiger partial charge in [-0.2, -0.15) is 0 Å². The number of hydrogen-bond donors (Lipinski definition) is 1. The van der Waals surface area contributed by atoms with Gasteiger partial charge >= 0.3 is 0 Å². The van der Waals surface area contributed by atoms with E-state index in [1.165, 1.54) is 19.3 Å². The van der Waals surface area contributed by atoms with Crippen molar-refractivity contribution >= 4 is 0 Å². The highest BCUT2D eigenvalue weighted by Crippen LogP contribution is 2.44. The Morgan fingerprint density at radius 3 is 2.69 bits per heavy atom. The van der Waals surface area contributed by atoms with Crippen LogP contribution in [0.4, 0.5) is 0 Å². The predicted octanol–water partition coefficient (Wildman–Crippen LogP) is 3.00. The summed E-state index contributed by atoms with van der Waals surface area (Å²) >= 11 is 0. The van der Waals surface area contributed by atoms with Crippen molar-refractivity contribution in [2.45, 2.75) is 40.0 Å². The minimum Gasteiger partial charge on any atom is -0.392 e. The highest BCUT2D eigenvalue weighted by atomic mass is 16.2. The van der Waals surface area contributed by atoms with E-state index in [9.17, 15) is 0 Å². The zero-order valence-corrected chi connectivity index (χ0v) is 9.09. The molecule has 1 N–H and O–H groups in total. The van der Waals surface area contributed by atoms with Crippen molar-refractivity contribution in [1.29, 1.82) is 0 Å². The van der Waals surface area contributed by atoms with Crippen LogP contribution in [0.3, 0.4) is 0 Å². The van der Waals surface area contributed by atoms with Crippen molar-refractivity contribution < 1.29 is 5.11 Å². The first kappa shape index (κ1) is 10.8. The second kappa shape index (κ2) is 4.28. The van der Waals surface area contributed by atoms with Crippen LogP contribution in [0, 0.1) is 17.3 Å². The molecule has 1 heteroatoms. The Kier molecular flexibility index (Phi) is 3.55. The molecule has 0 saturated heterocycles. The number of aliphatic hydroxyl groups excluding tert-OH is 1. The summed E-state index contributed by atoms with van der Waals surface area (Å²) in [6.45, 7) is 7.19. The van der Waals surface area contributed by atoms with Gasteiger partial charge < -0.3 is 5.11 Å². The van der Waals surface area contributed by atoms with Gasteiger partial charge in [0.15, 0.2) is 0 Å². The Bertz CT molecular complexity index is 182. The minimum atomic E-state index is 0.180. The smallest absolute Gasteiger partial charge is 0.0612 e. The van der Waals surface area contributed by atoms with E-state index in [2.05, 4.69) is 26.8 Å². The number of rotatable bonds is 2. The zero-order chi connectivity index (χ0) is 9.90. The van der Waals surface area contributed by atoms with Gasteiger partial charge in [-0.05, 0) is 23.7 Å². The first-order chi connectivity index (χ1) is 6.08. The lowest BCUT2D eigenvalue weighted by molar-refractivity contribution is 0.122. The monoisotopic (exact) mass is 182 g/mol. The fourth-order valence-electron chi connectivity index (χ4n) is 2.65. The molecular formula is C12H22O. The third-order valence-electron chi connectivity index (χ3n) is 3.44. The molecule has 0 spiro atoms. The lowest BCUT2D eigenvalue weighted by Gasteiger charge is -2.41. The summed E-state index contributed by atoms with van der Waals surface area (Å²) in [5.41, 5.74) is 0.420. The molecule has 0 aromatic carbocycles. The van der Waals surface area contributed by atoms with E-state index in [-0.39, 0.29) is 6.61 Å². The Hall–Kier alpha value is -0.300. The van der Waals surface area contributed by atoms with E-state index in [0.717, 1.165) is 5.92 Å². The van der Waals surface area contributed by atoms with Crippen molar-refractivity contribution in [3.8, 4) is 0 Å². The lowest BCUT2D eigenvalue weighted by atomic mass is 9.64. The summed E-state index contributed by atoms with van der Waals surface area (Å²) in [7, 11) is 0. The summed E-state index contributed by atoms with van der Waals surface area (Å²) in [5.74, 6) is 1.42. The van der Waals surface area contributed by atoms with Gasteiger partial charge in [-0.1, -0.05) is 45.8 Å². The molecule has 2 atom stereocenters. The third-order valence-corrected chi connectivity index (χ3v) is 3.44. The molecule has 1 aliphatic carbocycles. The Labute approximate surface area is 81.9 Å². The number of allylic oxidation sites excluding steroid dienone is 1. The van der Waals surface area contributed by atoms with E-state index in [0.29, 0.717) is 11.3 Å². The molecule has 1 fully saturated rings. The van der Waals surface area contributed by atoms with E-state index < -0.39 is 0 Å². The molecule has 1 rings (SSSR count). The van der Waals surface area contributed by atoms with Crippen molar-refractivity contribution in [2.75, 3.05) is 6.61 Å². The van der Waals surface area contributed by atoms with Crippen molar-refractivity contribution in [3.05, 3.63) is 12.2 Å². The molecule has 0 bridgehead atoms. The Morgan fingerprint density at radius 2 is 2.15 bits per heavy atom. The average molecular weight is 182 g/mol. The highest BCUT2D eigenvalue weighted by molar-refractivity contribution is 4.99. The number of hydrogen-bond acceptors (Lipinski definition) is 1. The van der Waals surface area contributed by atoms with Crippen LogP contribution >= 0.6 is 0 Å². The molecule has 0 unspecified atom stereocenters. The van der Waals surface area contributed by atoms with Crippen LogP contribution in [-0.4, -0.2) is 11.7 Å². The predicted molar refractivity (Wildman–Crippen MR) is 56.5 cm³/mol. The molecule has 1 aliphatic rings. The molecular weight excluding hydrogens is 160 g/mol. The normalized spacial score (nSPS) is 33.8.